The Balaban J connectivity index is 1.65. The second-order valence-electron chi connectivity index (χ2n) is 6.39. The van der Waals surface area contributed by atoms with Gasteiger partial charge >= 0.3 is 6.18 Å². The number of nitrogens with zero attached hydrogens (tertiary/aromatic N) is 2. The van der Waals surface area contributed by atoms with Crippen LogP contribution in [0.3, 0.4) is 0 Å². The third-order valence-electron chi connectivity index (χ3n) is 4.33. The second kappa shape index (κ2) is 8.04. The minimum atomic E-state index is -4.46. The fraction of sp³-hybridized carbons (Fsp3) is 0.200. The highest BCUT2D eigenvalue weighted by Gasteiger charge is 2.30. The van der Waals surface area contributed by atoms with Gasteiger partial charge in [0.2, 0.25) is 0 Å². The Bertz CT molecular complexity index is 996. The first kappa shape index (κ1) is 20.5. The first-order valence-corrected chi connectivity index (χ1v) is 8.58. The van der Waals surface area contributed by atoms with Crippen molar-refractivity contribution in [1.82, 2.24) is 15.1 Å². The minimum absolute atomic E-state index is 0.193. The molecule has 0 saturated heterocycles. The molecule has 1 heterocycles. The molecule has 0 unspecified atom stereocenters. The van der Waals surface area contributed by atoms with Crippen molar-refractivity contribution >= 4 is 5.91 Å². The van der Waals surface area contributed by atoms with Crippen LogP contribution < -0.4 is 5.32 Å². The number of amides is 1. The molecule has 0 spiro atoms. The number of rotatable bonds is 5. The average molecular weight is 407 g/mol. The van der Waals surface area contributed by atoms with Gasteiger partial charge in [-0.2, -0.15) is 18.3 Å². The van der Waals surface area contributed by atoms with Crippen LogP contribution in [-0.2, 0) is 13.2 Å². The predicted molar refractivity (Wildman–Crippen MR) is 97.3 cm³/mol. The lowest BCUT2D eigenvalue weighted by molar-refractivity contribution is -0.137. The Hall–Kier alpha value is -3.20. The summed E-state index contributed by atoms with van der Waals surface area (Å²) in [6.45, 7) is -0.193. The van der Waals surface area contributed by atoms with E-state index in [-0.39, 0.29) is 23.6 Å². The summed E-state index contributed by atoms with van der Waals surface area (Å²) < 4.78 is 52.2. The van der Waals surface area contributed by atoms with Crippen molar-refractivity contribution in [2.45, 2.75) is 12.3 Å². The van der Waals surface area contributed by atoms with E-state index in [2.05, 4.69) is 10.4 Å². The number of carbonyl (C=O) groups excluding carboxylic acids is 1. The lowest BCUT2D eigenvalue weighted by atomic mass is 10.1. The van der Waals surface area contributed by atoms with Crippen LogP contribution >= 0.6 is 0 Å². The number of alkyl halides is 3. The molecule has 0 aliphatic heterocycles. The van der Waals surface area contributed by atoms with Gasteiger partial charge in [0.25, 0.3) is 5.91 Å². The van der Waals surface area contributed by atoms with Gasteiger partial charge in [0, 0.05) is 19.2 Å². The highest BCUT2D eigenvalue weighted by Crippen LogP contribution is 2.29. The van der Waals surface area contributed by atoms with Crippen molar-refractivity contribution < 1.29 is 27.5 Å². The summed E-state index contributed by atoms with van der Waals surface area (Å²) >= 11 is 0. The van der Waals surface area contributed by atoms with Crippen LogP contribution in [-0.4, -0.2) is 27.3 Å². The van der Waals surface area contributed by atoms with Gasteiger partial charge in [0.05, 0.1) is 17.4 Å². The largest absolute Gasteiger partial charge is 0.416 e. The molecule has 1 atom stereocenters. The van der Waals surface area contributed by atoms with Gasteiger partial charge in [-0.25, -0.2) is 4.39 Å². The Kier molecular flexibility index (Phi) is 5.69. The number of carbonyl (C=O) groups is 1. The van der Waals surface area contributed by atoms with Gasteiger partial charge in [-0.05, 0) is 48.0 Å². The predicted octanol–water partition coefficient (Wildman–Crippen LogP) is 3.71. The zero-order valence-electron chi connectivity index (χ0n) is 15.2. The van der Waals surface area contributed by atoms with Gasteiger partial charge in [-0.15, -0.1) is 0 Å². The first-order chi connectivity index (χ1) is 13.6. The molecule has 3 rings (SSSR count). The third kappa shape index (κ3) is 4.80. The van der Waals surface area contributed by atoms with Gasteiger partial charge in [0.15, 0.2) is 0 Å². The van der Waals surface area contributed by atoms with E-state index < -0.39 is 23.8 Å². The summed E-state index contributed by atoms with van der Waals surface area (Å²) in [4.78, 5) is 12.4. The van der Waals surface area contributed by atoms with Gasteiger partial charge in [-0.3, -0.25) is 9.48 Å². The van der Waals surface area contributed by atoms with Crippen LogP contribution in [0.15, 0.2) is 54.6 Å². The zero-order valence-corrected chi connectivity index (χ0v) is 15.2. The Morgan fingerprint density at radius 3 is 2.34 bits per heavy atom. The summed E-state index contributed by atoms with van der Waals surface area (Å²) in [7, 11) is 1.56. The maximum Gasteiger partial charge on any atom is 0.416 e. The summed E-state index contributed by atoms with van der Waals surface area (Å²) in [5.41, 5.74) is 0.742. The molecule has 1 aromatic heterocycles. The number of aliphatic hydroxyl groups excluding tert-OH is 1. The maximum atomic E-state index is 13.0. The number of hydrogen-bond donors (Lipinski definition) is 2. The summed E-state index contributed by atoms with van der Waals surface area (Å²) in [6.07, 6.45) is -5.63. The summed E-state index contributed by atoms with van der Waals surface area (Å²) in [5.74, 6) is -0.903. The topological polar surface area (TPSA) is 67.2 Å². The van der Waals surface area contributed by atoms with E-state index >= 15 is 0 Å². The van der Waals surface area contributed by atoms with Gasteiger partial charge in [-0.1, -0.05) is 12.1 Å². The Labute approximate surface area is 163 Å². The van der Waals surface area contributed by atoms with E-state index in [1.54, 1.807) is 7.05 Å². The number of aromatic nitrogens is 2. The zero-order chi connectivity index (χ0) is 21.2. The Morgan fingerprint density at radius 1 is 1.14 bits per heavy atom. The van der Waals surface area contributed by atoms with Crippen LogP contribution in [0.5, 0.6) is 0 Å². The van der Waals surface area contributed by atoms with Crippen LogP contribution in [0, 0.1) is 5.82 Å². The van der Waals surface area contributed by atoms with E-state index in [1.807, 2.05) is 0 Å². The van der Waals surface area contributed by atoms with E-state index in [1.165, 1.54) is 35.0 Å². The molecular weight excluding hydrogens is 390 g/mol. The fourth-order valence-electron chi connectivity index (χ4n) is 2.73. The van der Waals surface area contributed by atoms with Crippen molar-refractivity contribution in [3.05, 3.63) is 77.2 Å². The van der Waals surface area contributed by atoms with Crippen LogP contribution in [0.25, 0.3) is 11.3 Å². The van der Waals surface area contributed by atoms with Crippen LogP contribution in [0.4, 0.5) is 17.6 Å². The molecule has 0 aliphatic rings. The smallest absolute Gasteiger partial charge is 0.387 e. The lowest BCUT2D eigenvalue weighted by Gasteiger charge is -2.13. The van der Waals surface area contributed by atoms with E-state index in [0.717, 1.165) is 24.3 Å². The number of benzene rings is 2. The van der Waals surface area contributed by atoms with Crippen molar-refractivity contribution in [2.24, 2.45) is 7.05 Å². The minimum Gasteiger partial charge on any atom is -0.387 e. The molecule has 0 bridgehead atoms. The maximum absolute atomic E-state index is 13.0. The lowest BCUT2D eigenvalue weighted by Crippen LogP contribution is -2.29. The molecule has 9 heteroatoms. The SMILES string of the molecule is Cn1nc(-c2ccc(F)cc2)cc1C(=O)NC[C@@H](O)c1ccc(C(F)(F)F)cc1. The molecule has 0 saturated carbocycles. The molecule has 2 aromatic carbocycles. The molecule has 29 heavy (non-hydrogen) atoms. The standard InChI is InChI=1S/C20H17F4N3O2/c1-27-17(10-16(26-27)12-4-8-15(21)9-5-12)19(29)25-11-18(28)13-2-6-14(7-3-13)20(22,23)24/h2-10,18,28H,11H2,1H3,(H,25,29)/t18-/m1/s1. The van der Waals surface area contributed by atoms with Crippen LogP contribution in [0.2, 0.25) is 0 Å². The number of halogens is 4. The molecule has 0 fully saturated rings. The third-order valence-corrected chi connectivity index (χ3v) is 4.33. The fourth-order valence-corrected chi connectivity index (χ4v) is 2.73. The quantitative estimate of drug-likeness (QED) is 0.634. The number of hydrogen-bond acceptors (Lipinski definition) is 3. The Morgan fingerprint density at radius 2 is 1.76 bits per heavy atom. The van der Waals surface area contributed by atoms with Gasteiger partial charge < -0.3 is 10.4 Å². The van der Waals surface area contributed by atoms with E-state index in [4.69, 9.17) is 0 Å². The molecule has 2 N–H and O–H groups in total. The van der Waals surface area contributed by atoms with Crippen LogP contribution in [0.1, 0.15) is 27.7 Å². The molecule has 0 aliphatic carbocycles. The number of aryl methyl sites for hydroxylation is 1. The van der Waals surface area contributed by atoms with Crippen molar-refractivity contribution in [1.29, 1.82) is 0 Å². The average Bonchev–Trinajstić information content (AvgIpc) is 3.07. The normalized spacial score (nSPS) is 12.6. The van der Waals surface area contributed by atoms with Gasteiger partial charge in [0.1, 0.15) is 11.5 Å². The molecule has 1 amide bonds. The monoisotopic (exact) mass is 407 g/mol. The molecule has 152 valence electrons. The summed E-state index contributed by atoms with van der Waals surface area (Å²) in [6, 6.07) is 11.2. The first-order valence-electron chi connectivity index (χ1n) is 8.58. The number of aliphatic hydroxyl groups is 1. The second-order valence-corrected chi connectivity index (χ2v) is 6.39. The molecule has 3 aromatic rings. The highest BCUT2D eigenvalue weighted by atomic mass is 19.4. The highest BCUT2D eigenvalue weighted by molar-refractivity contribution is 5.93. The van der Waals surface area contributed by atoms with E-state index in [0.29, 0.717) is 11.3 Å². The molecule has 5 nitrogen and oxygen atoms in total. The van der Waals surface area contributed by atoms with E-state index in [9.17, 15) is 27.5 Å². The van der Waals surface area contributed by atoms with Crippen molar-refractivity contribution in [2.75, 3.05) is 6.54 Å². The molecular formula is C20H17F4N3O2. The van der Waals surface area contributed by atoms with Crippen molar-refractivity contribution in [3.8, 4) is 11.3 Å². The summed E-state index contributed by atoms with van der Waals surface area (Å²) in [5, 5.41) is 16.9. The molecule has 0 radical (unpaired) electrons. The number of nitrogens with one attached hydrogen (secondary N) is 1. The van der Waals surface area contributed by atoms with Crippen molar-refractivity contribution in [3.63, 3.8) is 0 Å².